The van der Waals surface area contributed by atoms with Gasteiger partial charge in [-0.3, -0.25) is 0 Å². The van der Waals surface area contributed by atoms with E-state index in [1.807, 2.05) is 30.3 Å². The van der Waals surface area contributed by atoms with Crippen LogP contribution >= 0.6 is 0 Å². The van der Waals surface area contributed by atoms with Gasteiger partial charge in [-0.05, 0) is 43.4 Å². The van der Waals surface area contributed by atoms with Gasteiger partial charge in [0.2, 0.25) is 0 Å². The quantitative estimate of drug-likeness (QED) is 0.799. The first-order chi connectivity index (χ1) is 12.1. The van der Waals surface area contributed by atoms with Crippen LogP contribution in [0.1, 0.15) is 24.8 Å². The van der Waals surface area contributed by atoms with Crippen molar-refractivity contribution in [2.75, 3.05) is 11.9 Å². The Labute approximate surface area is 144 Å². The molecule has 3 nitrogen and oxygen atoms in total. The van der Waals surface area contributed by atoms with Gasteiger partial charge in [-0.1, -0.05) is 30.3 Å². The average Bonchev–Trinajstić information content (AvgIpc) is 2.63. The molecule has 0 saturated carbocycles. The lowest BCUT2D eigenvalue weighted by atomic mass is 9.96. The monoisotopic (exact) mass is 348 g/mol. The van der Waals surface area contributed by atoms with Crippen molar-refractivity contribution in [3.8, 4) is 0 Å². The third kappa shape index (κ3) is 3.95. The van der Waals surface area contributed by atoms with Crippen LogP contribution in [0.2, 0.25) is 0 Å². The highest BCUT2D eigenvalue weighted by Crippen LogP contribution is 2.24. The largest absolute Gasteiger partial charge is 0.322 e. The summed E-state index contributed by atoms with van der Waals surface area (Å²) in [7, 11) is 0. The second-order valence-corrected chi connectivity index (χ2v) is 6.19. The van der Waals surface area contributed by atoms with Gasteiger partial charge < -0.3 is 10.2 Å². The number of halogens is 3. The Morgan fingerprint density at radius 2 is 1.80 bits per heavy atom. The lowest BCUT2D eigenvalue weighted by Crippen LogP contribution is -2.47. The third-order valence-electron chi connectivity index (χ3n) is 4.48. The second-order valence-electron chi connectivity index (χ2n) is 6.19. The zero-order valence-electron chi connectivity index (χ0n) is 13.6. The number of urea groups is 1. The summed E-state index contributed by atoms with van der Waals surface area (Å²) in [6.07, 6.45) is 3.43. The Morgan fingerprint density at radius 1 is 1.04 bits per heavy atom. The molecular weight excluding hydrogens is 329 g/mol. The van der Waals surface area contributed by atoms with Gasteiger partial charge in [0.1, 0.15) is 0 Å². The Kier molecular flexibility index (Phi) is 5.26. The number of nitrogens with zero attached hydrogens (tertiary/aromatic N) is 1. The topological polar surface area (TPSA) is 32.3 Å². The average molecular weight is 348 g/mol. The van der Waals surface area contributed by atoms with Gasteiger partial charge in [0.25, 0.3) is 0 Å². The van der Waals surface area contributed by atoms with Gasteiger partial charge >= 0.3 is 6.03 Å². The first kappa shape index (κ1) is 17.3. The van der Waals surface area contributed by atoms with E-state index in [0.29, 0.717) is 13.0 Å². The molecule has 132 valence electrons. The molecule has 2 aromatic rings. The summed E-state index contributed by atoms with van der Waals surface area (Å²) >= 11 is 0. The molecule has 1 heterocycles. The zero-order chi connectivity index (χ0) is 17.8. The molecule has 0 aliphatic carbocycles. The molecular formula is C19H19F3N2O. The summed E-state index contributed by atoms with van der Waals surface area (Å²) < 4.78 is 40.1. The molecule has 1 saturated heterocycles. The predicted octanol–water partition coefficient (Wildman–Crippen LogP) is 4.73. The molecule has 1 aliphatic heterocycles. The van der Waals surface area contributed by atoms with E-state index in [9.17, 15) is 18.0 Å². The number of hydrogen-bond acceptors (Lipinski definition) is 1. The van der Waals surface area contributed by atoms with Crippen LogP contribution in [-0.2, 0) is 6.42 Å². The van der Waals surface area contributed by atoms with E-state index < -0.39 is 23.5 Å². The number of carbonyl (C=O) groups excluding carboxylic acids is 1. The lowest BCUT2D eigenvalue weighted by molar-refractivity contribution is 0.162. The van der Waals surface area contributed by atoms with E-state index >= 15 is 0 Å². The maximum atomic E-state index is 13.8. The Bertz CT molecular complexity index is 752. The minimum absolute atomic E-state index is 0.00972. The minimum Gasteiger partial charge on any atom is -0.321 e. The second kappa shape index (κ2) is 7.59. The number of nitrogens with one attached hydrogen (secondary N) is 1. The third-order valence-corrected chi connectivity index (χ3v) is 4.48. The first-order valence-corrected chi connectivity index (χ1v) is 8.31. The number of carbonyl (C=O) groups is 1. The van der Waals surface area contributed by atoms with E-state index in [2.05, 4.69) is 5.32 Å². The van der Waals surface area contributed by atoms with Crippen LogP contribution in [0.3, 0.4) is 0 Å². The molecule has 1 fully saturated rings. The molecule has 1 aliphatic rings. The minimum atomic E-state index is -1.59. The lowest BCUT2D eigenvalue weighted by Gasteiger charge is -2.36. The number of anilines is 1. The SMILES string of the molecule is O=C(Nc1ccc(F)c(F)c1F)N1CCCC[C@H]1Cc1ccccc1. The number of benzene rings is 2. The van der Waals surface area contributed by atoms with Crippen molar-refractivity contribution in [2.24, 2.45) is 0 Å². The van der Waals surface area contributed by atoms with Crippen LogP contribution in [0.25, 0.3) is 0 Å². The van der Waals surface area contributed by atoms with Gasteiger partial charge in [0, 0.05) is 12.6 Å². The molecule has 1 atom stereocenters. The van der Waals surface area contributed by atoms with Crippen molar-refractivity contribution < 1.29 is 18.0 Å². The predicted molar refractivity (Wildman–Crippen MR) is 89.8 cm³/mol. The summed E-state index contributed by atoms with van der Waals surface area (Å²) in [5.41, 5.74) is 0.763. The summed E-state index contributed by atoms with van der Waals surface area (Å²) in [4.78, 5) is 14.2. The summed E-state index contributed by atoms with van der Waals surface area (Å²) in [6, 6.07) is 11.1. The molecule has 3 rings (SSSR count). The molecule has 1 N–H and O–H groups in total. The fourth-order valence-electron chi connectivity index (χ4n) is 3.18. The van der Waals surface area contributed by atoms with Crippen molar-refractivity contribution in [3.63, 3.8) is 0 Å². The van der Waals surface area contributed by atoms with E-state index in [-0.39, 0.29) is 11.7 Å². The van der Waals surface area contributed by atoms with Crippen molar-refractivity contribution in [3.05, 3.63) is 65.5 Å². The number of rotatable bonds is 3. The molecule has 0 aromatic heterocycles. The van der Waals surface area contributed by atoms with Gasteiger partial charge in [-0.2, -0.15) is 0 Å². The first-order valence-electron chi connectivity index (χ1n) is 8.31. The molecule has 0 unspecified atom stereocenters. The standard InChI is InChI=1S/C19H19F3N2O/c20-15-9-10-16(18(22)17(15)21)23-19(25)24-11-5-4-8-14(24)12-13-6-2-1-3-7-13/h1-3,6-7,9-10,14H,4-5,8,11-12H2,(H,23,25)/t14-/m0/s1. The van der Waals surface area contributed by atoms with Crippen LogP contribution in [0.5, 0.6) is 0 Å². The van der Waals surface area contributed by atoms with Crippen LogP contribution in [0, 0.1) is 17.5 Å². The molecule has 0 spiro atoms. The van der Waals surface area contributed by atoms with Gasteiger partial charge in [-0.25, -0.2) is 18.0 Å². The number of amides is 2. The van der Waals surface area contributed by atoms with Gasteiger partial charge in [0.05, 0.1) is 5.69 Å². The molecule has 6 heteroatoms. The number of likely N-dealkylation sites (tertiary alicyclic amines) is 1. The Morgan fingerprint density at radius 3 is 2.56 bits per heavy atom. The highest BCUT2D eigenvalue weighted by molar-refractivity contribution is 5.89. The molecule has 25 heavy (non-hydrogen) atoms. The maximum absolute atomic E-state index is 13.8. The van der Waals surface area contributed by atoms with Crippen molar-refractivity contribution >= 4 is 11.7 Å². The van der Waals surface area contributed by atoms with Crippen molar-refractivity contribution in [1.29, 1.82) is 0 Å². The Hall–Kier alpha value is -2.50. The van der Waals surface area contributed by atoms with Crippen LogP contribution in [0.4, 0.5) is 23.7 Å². The molecule has 2 aromatic carbocycles. The maximum Gasteiger partial charge on any atom is 0.322 e. The fourth-order valence-corrected chi connectivity index (χ4v) is 3.18. The van der Waals surface area contributed by atoms with E-state index in [0.717, 1.165) is 37.0 Å². The van der Waals surface area contributed by atoms with Crippen LogP contribution in [0.15, 0.2) is 42.5 Å². The summed E-state index contributed by atoms with van der Waals surface area (Å²) in [6.45, 7) is 0.550. The van der Waals surface area contributed by atoms with Crippen LogP contribution < -0.4 is 5.32 Å². The fraction of sp³-hybridized carbons (Fsp3) is 0.316. The highest BCUT2D eigenvalue weighted by Gasteiger charge is 2.27. The van der Waals surface area contributed by atoms with Crippen LogP contribution in [-0.4, -0.2) is 23.5 Å². The zero-order valence-corrected chi connectivity index (χ0v) is 13.6. The normalized spacial score (nSPS) is 17.4. The van der Waals surface area contributed by atoms with E-state index in [1.165, 1.54) is 0 Å². The summed E-state index contributed by atoms with van der Waals surface area (Å²) in [5.74, 6) is -4.25. The molecule has 0 radical (unpaired) electrons. The van der Waals surface area contributed by atoms with Gasteiger partial charge in [-0.15, -0.1) is 0 Å². The Balaban J connectivity index is 1.74. The van der Waals surface area contributed by atoms with Gasteiger partial charge in [0.15, 0.2) is 17.5 Å². The molecule has 0 bridgehead atoms. The smallest absolute Gasteiger partial charge is 0.321 e. The highest BCUT2D eigenvalue weighted by atomic mass is 19.2. The van der Waals surface area contributed by atoms with E-state index in [1.54, 1.807) is 4.90 Å². The number of piperidine rings is 1. The number of hydrogen-bond donors (Lipinski definition) is 1. The van der Waals surface area contributed by atoms with E-state index in [4.69, 9.17) is 0 Å². The van der Waals surface area contributed by atoms with Crippen molar-refractivity contribution in [1.82, 2.24) is 4.90 Å². The van der Waals surface area contributed by atoms with Crippen molar-refractivity contribution in [2.45, 2.75) is 31.7 Å². The molecule has 2 amide bonds. The summed E-state index contributed by atoms with van der Waals surface area (Å²) in [5, 5.41) is 2.37.